The average Bonchev–Trinajstić information content (AvgIpc) is 1.66. The SMILES string of the molecule is O=C(O)/C=C/OCO. The van der Waals surface area contributed by atoms with Crippen LogP contribution in [0.1, 0.15) is 0 Å². The Morgan fingerprint density at radius 3 is 2.75 bits per heavy atom. The normalized spacial score (nSPS) is 9.62. The van der Waals surface area contributed by atoms with Gasteiger partial charge in [0.05, 0.1) is 12.3 Å². The van der Waals surface area contributed by atoms with E-state index in [1.54, 1.807) is 0 Å². The van der Waals surface area contributed by atoms with E-state index in [0.29, 0.717) is 0 Å². The summed E-state index contributed by atoms with van der Waals surface area (Å²) in [6.45, 7) is -0.496. The Hall–Kier alpha value is -1.03. The minimum atomic E-state index is -1.10. The molecule has 0 aromatic rings. The molecule has 0 radical (unpaired) electrons. The minimum Gasteiger partial charge on any atom is -0.478 e. The smallest absolute Gasteiger partial charge is 0.331 e. The van der Waals surface area contributed by atoms with Crippen LogP contribution in [0, 0.1) is 0 Å². The van der Waals surface area contributed by atoms with Gasteiger partial charge in [0.25, 0.3) is 0 Å². The third-order valence-electron chi connectivity index (χ3n) is 0.381. The molecule has 0 aliphatic rings. The van der Waals surface area contributed by atoms with Gasteiger partial charge in [-0.2, -0.15) is 0 Å². The van der Waals surface area contributed by atoms with Crippen LogP contribution in [0.5, 0.6) is 0 Å². The average molecular weight is 118 g/mol. The van der Waals surface area contributed by atoms with Gasteiger partial charge in [-0.1, -0.05) is 0 Å². The minimum absolute atomic E-state index is 0.496. The van der Waals surface area contributed by atoms with E-state index in [0.717, 1.165) is 12.3 Å². The molecule has 0 aliphatic carbocycles. The summed E-state index contributed by atoms with van der Waals surface area (Å²) in [5.41, 5.74) is 0. The molecule has 0 heterocycles. The summed E-state index contributed by atoms with van der Waals surface area (Å²) in [7, 11) is 0. The van der Waals surface area contributed by atoms with E-state index in [9.17, 15) is 4.79 Å². The second kappa shape index (κ2) is 4.14. The summed E-state index contributed by atoms with van der Waals surface area (Å²) < 4.78 is 4.14. The van der Waals surface area contributed by atoms with Gasteiger partial charge in [0, 0.05) is 0 Å². The van der Waals surface area contributed by atoms with Crippen LogP contribution in [0.4, 0.5) is 0 Å². The van der Waals surface area contributed by atoms with E-state index >= 15 is 0 Å². The van der Waals surface area contributed by atoms with E-state index in [2.05, 4.69) is 4.74 Å². The van der Waals surface area contributed by atoms with Crippen molar-refractivity contribution in [1.82, 2.24) is 0 Å². The Bertz CT molecular complexity index is 96.2. The quantitative estimate of drug-likeness (QED) is 0.299. The first-order chi connectivity index (χ1) is 3.77. The van der Waals surface area contributed by atoms with Crippen molar-refractivity contribution in [2.45, 2.75) is 0 Å². The summed E-state index contributed by atoms with van der Waals surface area (Å²) in [6, 6.07) is 0. The molecule has 0 aromatic heterocycles. The third-order valence-corrected chi connectivity index (χ3v) is 0.381. The van der Waals surface area contributed by atoms with Gasteiger partial charge in [-0.25, -0.2) is 4.79 Å². The van der Waals surface area contributed by atoms with E-state index in [1.807, 2.05) is 0 Å². The molecule has 0 rings (SSSR count). The summed E-state index contributed by atoms with van der Waals surface area (Å²) >= 11 is 0. The molecular weight excluding hydrogens is 112 g/mol. The zero-order valence-electron chi connectivity index (χ0n) is 4.07. The molecule has 0 saturated carbocycles. The van der Waals surface area contributed by atoms with Crippen molar-refractivity contribution in [2.24, 2.45) is 0 Å². The fourth-order valence-corrected chi connectivity index (χ4v) is 0.149. The van der Waals surface area contributed by atoms with Crippen molar-refractivity contribution in [3.63, 3.8) is 0 Å². The highest BCUT2D eigenvalue weighted by molar-refractivity contribution is 5.79. The Morgan fingerprint density at radius 1 is 1.75 bits per heavy atom. The monoisotopic (exact) mass is 118 g/mol. The standard InChI is InChI=1S/C4H6O4/c5-3-8-2-1-4(6)7/h1-2,5H,3H2,(H,6,7)/b2-1+. The molecule has 0 aromatic carbocycles. The zero-order chi connectivity index (χ0) is 6.41. The molecule has 0 unspecified atom stereocenters. The van der Waals surface area contributed by atoms with Crippen molar-refractivity contribution >= 4 is 5.97 Å². The number of aliphatic hydroxyl groups is 1. The molecule has 4 nitrogen and oxygen atoms in total. The van der Waals surface area contributed by atoms with Gasteiger partial charge in [0.2, 0.25) is 0 Å². The Morgan fingerprint density at radius 2 is 2.38 bits per heavy atom. The highest BCUT2D eigenvalue weighted by Gasteiger charge is 1.81. The maximum atomic E-state index is 9.63. The van der Waals surface area contributed by atoms with Gasteiger partial charge in [-0.15, -0.1) is 0 Å². The molecule has 0 spiro atoms. The van der Waals surface area contributed by atoms with Crippen molar-refractivity contribution in [3.05, 3.63) is 12.3 Å². The maximum Gasteiger partial charge on any atom is 0.331 e. The lowest BCUT2D eigenvalue weighted by Crippen LogP contribution is -1.88. The number of hydrogen-bond acceptors (Lipinski definition) is 3. The molecule has 4 heteroatoms. The van der Waals surface area contributed by atoms with Gasteiger partial charge < -0.3 is 14.9 Å². The van der Waals surface area contributed by atoms with Gasteiger partial charge >= 0.3 is 5.97 Å². The van der Waals surface area contributed by atoms with Gasteiger partial charge in [0.15, 0.2) is 6.79 Å². The summed E-state index contributed by atoms with van der Waals surface area (Å²) in [4.78, 5) is 9.63. The Balaban J connectivity index is 3.20. The molecule has 0 amide bonds. The van der Waals surface area contributed by atoms with Crippen LogP contribution in [0.2, 0.25) is 0 Å². The van der Waals surface area contributed by atoms with E-state index in [-0.39, 0.29) is 0 Å². The van der Waals surface area contributed by atoms with Gasteiger partial charge in [0.1, 0.15) is 0 Å². The second-order valence-electron chi connectivity index (χ2n) is 0.937. The number of hydrogen-bond donors (Lipinski definition) is 2. The number of aliphatic carboxylic acids is 1. The van der Waals surface area contributed by atoms with E-state index < -0.39 is 12.8 Å². The number of ether oxygens (including phenoxy) is 1. The Kier molecular flexibility index (Phi) is 3.60. The first-order valence-electron chi connectivity index (χ1n) is 1.89. The number of carboxylic acids is 1. The van der Waals surface area contributed by atoms with Crippen LogP contribution in [0.25, 0.3) is 0 Å². The molecule has 8 heavy (non-hydrogen) atoms. The fraction of sp³-hybridized carbons (Fsp3) is 0.250. The molecule has 0 atom stereocenters. The van der Waals surface area contributed by atoms with Crippen LogP contribution < -0.4 is 0 Å². The second-order valence-corrected chi connectivity index (χ2v) is 0.937. The topological polar surface area (TPSA) is 66.8 Å². The third kappa shape index (κ3) is 4.97. The maximum absolute atomic E-state index is 9.63. The van der Waals surface area contributed by atoms with Crippen LogP contribution in [0.15, 0.2) is 12.3 Å². The lowest BCUT2D eigenvalue weighted by atomic mass is 10.6. The molecule has 46 valence electrons. The molecule has 2 N–H and O–H groups in total. The van der Waals surface area contributed by atoms with Gasteiger partial charge in [-0.3, -0.25) is 0 Å². The van der Waals surface area contributed by atoms with Crippen molar-refractivity contribution in [1.29, 1.82) is 0 Å². The Labute approximate surface area is 46.0 Å². The van der Waals surface area contributed by atoms with Crippen LogP contribution in [-0.4, -0.2) is 23.0 Å². The highest BCUT2D eigenvalue weighted by Crippen LogP contribution is 1.73. The summed E-state index contributed by atoms with van der Waals surface area (Å²) in [5, 5.41) is 15.8. The van der Waals surface area contributed by atoms with Crippen molar-refractivity contribution in [2.75, 3.05) is 6.79 Å². The first kappa shape index (κ1) is 6.97. The van der Waals surface area contributed by atoms with E-state index in [4.69, 9.17) is 10.2 Å². The number of aliphatic hydroxyl groups excluding tert-OH is 1. The fourth-order valence-electron chi connectivity index (χ4n) is 0.149. The van der Waals surface area contributed by atoms with Crippen LogP contribution in [0.3, 0.4) is 0 Å². The lowest BCUT2D eigenvalue weighted by molar-refractivity contribution is -0.131. The number of carbonyl (C=O) groups is 1. The summed E-state index contributed by atoms with van der Waals surface area (Å²) in [5.74, 6) is -1.10. The zero-order valence-corrected chi connectivity index (χ0v) is 4.07. The first-order valence-corrected chi connectivity index (χ1v) is 1.89. The van der Waals surface area contributed by atoms with Crippen molar-refractivity contribution in [3.8, 4) is 0 Å². The predicted octanol–water partition coefficient (Wildman–Crippen LogP) is -0.449. The molecular formula is C4H6O4. The van der Waals surface area contributed by atoms with Crippen molar-refractivity contribution < 1.29 is 19.7 Å². The molecule has 0 saturated heterocycles. The molecule has 0 fully saturated rings. The van der Waals surface area contributed by atoms with Crippen LogP contribution >= 0.6 is 0 Å². The molecule has 0 aliphatic heterocycles. The number of rotatable bonds is 3. The summed E-state index contributed by atoms with van der Waals surface area (Å²) in [6.07, 6.45) is 1.69. The predicted molar refractivity (Wildman–Crippen MR) is 24.9 cm³/mol. The van der Waals surface area contributed by atoms with E-state index in [1.165, 1.54) is 0 Å². The lowest BCUT2D eigenvalue weighted by Gasteiger charge is -1.87. The van der Waals surface area contributed by atoms with Crippen LogP contribution in [-0.2, 0) is 9.53 Å². The highest BCUT2D eigenvalue weighted by atomic mass is 16.6. The van der Waals surface area contributed by atoms with Gasteiger partial charge in [-0.05, 0) is 0 Å². The molecule has 0 bridgehead atoms. The number of carboxylic acid groups (broad SMARTS) is 1. The largest absolute Gasteiger partial charge is 0.478 e.